The third-order valence-electron chi connectivity index (χ3n) is 3.46. The van der Waals surface area contributed by atoms with Crippen molar-refractivity contribution < 1.29 is 12.8 Å². The monoisotopic (exact) mass is 333 g/mol. The Morgan fingerprint density at radius 2 is 2.00 bits per heavy atom. The van der Waals surface area contributed by atoms with E-state index in [0.717, 1.165) is 5.56 Å². The van der Waals surface area contributed by atoms with Crippen molar-refractivity contribution in [2.24, 2.45) is 5.92 Å². The first-order chi connectivity index (χ1) is 10.9. The molecule has 1 aromatic heterocycles. The highest BCUT2D eigenvalue weighted by Gasteiger charge is 2.24. The molecule has 6 nitrogen and oxygen atoms in total. The van der Waals surface area contributed by atoms with Crippen molar-refractivity contribution in [2.45, 2.75) is 25.7 Å². The minimum atomic E-state index is -3.61. The van der Waals surface area contributed by atoms with Crippen LogP contribution in [0.2, 0.25) is 0 Å². The third-order valence-corrected chi connectivity index (χ3v) is 5.41. The van der Waals surface area contributed by atoms with Crippen LogP contribution in [-0.4, -0.2) is 30.8 Å². The van der Waals surface area contributed by atoms with Gasteiger partial charge >= 0.3 is 0 Å². The molecule has 0 spiro atoms. The van der Waals surface area contributed by atoms with E-state index in [1.807, 2.05) is 0 Å². The topological polar surface area (TPSA) is 87.2 Å². The SMILES string of the molecule is CCN(CC(C)C#N)S(=O)(=O)c1ccc(-c2coc(C)n2)cc1. The van der Waals surface area contributed by atoms with E-state index in [-0.39, 0.29) is 17.4 Å². The van der Waals surface area contributed by atoms with Gasteiger partial charge in [-0.3, -0.25) is 0 Å². The van der Waals surface area contributed by atoms with Crippen LogP contribution in [0.5, 0.6) is 0 Å². The van der Waals surface area contributed by atoms with Crippen LogP contribution in [0.4, 0.5) is 0 Å². The Morgan fingerprint density at radius 3 is 2.48 bits per heavy atom. The fourth-order valence-electron chi connectivity index (χ4n) is 2.19. The minimum Gasteiger partial charge on any atom is -0.449 e. The van der Waals surface area contributed by atoms with Gasteiger partial charge in [0.15, 0.2) is 5.89 Å². The van der Waals surface area contributed by atoms with Crippen LogP contribution in [0, 0.1) is 24.2 Å². The van der Waals surface area contributed by atoms with E-state index >= 15 is 0 Å². The van der Waals surface area contributed by atoms with Crippen molar-refractivity contribution in [3.63, 3.8) is 0 Å². The Labute approximate surface area is 136 Å². The summed E-state index contributed by atoms with van der Waals surface area (Å²) in [5.41, 5.74) is 1.45. The van der Waals surface area contributed by atoms with Crippen molar-refractivity contribution >= 4 is 10.0 Å². The molecule has 0 fully saturated rings. The maximum Gasteiger partial charge on any atom is 0.243 e. The molecule has 122 valence electrons. The highest BCUT2D eigenvalue weighted by atomic mass is 32.2. The predicted molar refractivity (Wildman–Crippen MR) is 85.9 cm³/mol. The number of nitriles is 1. The van der Waals surface area contributed by atoms with Crippen LogP contribution in [0.25, 0.3) is 11.3 Å². The normalized spacial score (nSPS) is 13.0. The summed E-state index contributed by atoms with van der Waals surface area (Å²) in [5, 5.41) is 8.89. The fraction of sp³-hybridized carbons (Fsp3) is 0.375. The number of hydrogen-bond acceptors (Lipinski definition) is 5. The van der Waals surface area contributed by atoms with Crippen LogP contribution in [-0.2, 0) is 10.0 Å². The lowest BCUT2D eigenvalue weighted by Gasteiger charge is -2.21. The fourth-order valence-corrected chi connectivity index (χ4v) is 3.72. The number of aromatic nitrogens is 1. The van der Waals surface area contributed by atoms with Crippen molar-refractivity contribution in [3.8, 4) is 17.3 Å². The molecule has 23 heavy (non-hydrogen) atoms. The number of benzene rings is 1. The molecule has 1 unspecified atom stereocenters. The number of hydrogen-bond donors (Lipinski definition) is 0. The summed E-state index contributed by atoms with van der Waals surface area (Å²) in [6, 6.07) is 8.56. The average Bonchev–Trinajstić information content (AvgIpc) is 2.98. The third kappa shape index (κ3) is 3.78. The summed E-state index contributed by atoms with van der Waals surface area (Å²) in [6.07, 6.45) is 1.53. The molecule has 0 amide bonds. The highest BCUT2D eigenvalue weighted by molar-refractivity contribution is 7.89. The second-order valence-electron chi connectivity index (χ2n) is 5.26. The van der Waals surface area contributed by atoms with E-state index in [4.69, 9.17) is 9.68 Å². The van der Waals surface area contributed by atoms with E-state index in [9.17, 15) is 8.42 Å². The molecule has 1 aromatic carbocycles. The van der Waals surface area contributed by atoms with Crippen molar-refractivity contribution in [2.75, 3.05) is 13.1 Å². The second-order valence-corrected chi connectivity index (χ2v) is 7.20. The first kappa shape index (κ1) is 17.2. The van der Waals surface area contributed by atoms with Crippen LogP contribution < -0.4 is 0 Å². The molecule has 7 heteroatoms. The van der Waals surface area contributed by atoms with Gasteiger partial charge in [-0.1, -0.05) is 19.1 Å². The molecule has 0 aliphatic rings. The van der Waals surface area contributed by atoms with Crippen LogP contribution >= 0.6 is 0 Å². The lowest BCUT2D eigenvalue weighted by atomic mass is 10.2. The molecule has 0 saturated heterocycles. The van der Waals surface area contributed by atoms with E-state index in [2.05, 4.69) is 11.1 Å². The van der Waals surface area contributed by atoms with Crippen molar-refractivity contribution in [1.82, 2.24) is 9.29 Å². The summed E-state index contributed by atoms with van der Waals surface area (Å²) in [5.74, 6) is 0.196. The number of sulfonamides is 1. The molecule has 0 bridgehead atoms. The Morgan fingerprint density at radius 1 is 1.35 bits per heavy atom. The quantitative estimate of drug-likeness (QED) is 0.811. The average molecular weight is 333 g/mol. The van der Waals surface area contributed by atoms with Gasteiger partial charge in [-0.05, 0) is 19.1 Å². The highest BCUT2D eigenvalue weighted by Crippen LogP contribution is 2.23. The zero-order chi connectivity index (χ0) is 17.0. The standard InChI is InChI=1S/C16H19N3O3S/c1-4-19(10-12(2)9-17)23(20,21)15-7-5-14(6-8-15)16-11-22-13(3)18-16/h5-8,11-12H,4,10H2,1-3H3. The Balaban J connectivity index is 2.28. The molecule has 0 N–H and O–H groups in total. The number of oxazole rings is 1. The van der Waals surface area contributed by atoms with Crippen molar-refractivity contribution in [1.29, 1.82) is 5.26 Å². The molecular formula is C16H19N3O3S. The Bertz CT molecular complexity index is 804. The molecule has 2 rings (SSSR count). The van der Waals surface area contributed by atoms with E-state index in [0.29, 0.717) is 18.1 Å². The maximum atomic E-state index is 12.6. The number of aryl methyl sites for hydroxylation is 1. The first-order valence-corrected chi connectivity index (χ1v) is 8.74. The van der Waals surface area contributed by atoms with E-state index in [1.165, 1.54) is 10.6 Å². The molecule has 2 aromatic rings. The number of rotatable bonds is 6. The van der Waals surface area contributed by atoms with Gasteiger partial charge in [0.25, 0.3) is 0 Å². The Kier molecular flexibility index (Phi) is 5.19. The van der Waals surface area contributed by atoms with Gasteiger partial charge in [0.1, 0.15) is 12.0 Å². The van der Waals surface area contributed by atoms with Crippen LogP contribution in [0.15, 0.2) is 39.8 Å². The molecule has 1 heterocycles. The lowest BCUT2D eigenvalue weighted by molar-refractivity contribution is 0.400. The minimum absolute atomic E-state index is 0.180. The summed E-state index contributed by atoms with van der Waals surface area (Å²) >= 11 is 0. The van der Waals surface area contributed by atoms with Gasteiger partial charge in [0, 0.05) is 25.6 Å². The molecule has 1 atom stereocenters. The summed E-state index contributed by atoms with van der Waals surface area (Å²) < 4.78 is 31.8. The molecule has 0 saturated carbocycles. The van der Waals surface area contributed by atoms with Gasteiger partial charge in [0.2, 0.25) is 10.0 Å². The Hall–Kier alpha value is -2.17. The smallest absolute Gasteiger partial charge is 0.243 e. The molecule has 0 radical (unpaired) electrons. The maximum absolute atomic E-state index is 12.6. The van der Waals surface area contributed by atoms with E-state index < -0.39 is 10.0 Å². The van der Waals surface area contributed by atoms with Crippen LogP contribution in [0.1, 0.15) is 19.7 Å². The lowest BCUT2D eigenvalue weighted by Crippen LogP contribution is -2.34. The predicted octanol–water partition coefficient (Wildman–Crippen LogP) is 2.82. The molecular weight excluding hydrogens is 314 g/mol. The largest absolute Gasteiger partial charge is 0.449 e. The molecule has 0 aliphatic carbocycles. The number of nitrogens with zero attached hydrogens (tertiary/aromatic N) is 3. The van der Waals surface area contributed by atoms with Crippen molar-refractivity contribution in [3.05, 3.63) is 36.4 Å². The van der Waals surface area contributed by atoms with Gasteiger partial charge in [-0.25, -0.2) is 13.4 Å². The van der Waals surface area contributed by atoms with E-state index in [1.54, 1.807) is 45.0 Å². The van der Waals surface area contributed by atoms with Gasteiger partial charge < -0.3 is 4.42 Å². The summed E-state index contributed by atoms with van der Waals surface area (Å²) in [7, 11) is -3.61. The van der Waals surface area contributed by atoms with Gasteiger partial charge in [-0.15, -0.1) is 0 Å². The second kappa shape index (κ2) is 6.94. The summed E-state index contributed by atoms with van der Waals surface area (Å²) in [4.78, 5) is 4.41. The van der Waals surface area contributed by atoms with Gasteiger partial charge in [-0.2, -0.15) is 9.57 Å². The zero-order valence-corrected chi connectivity index (χ0v) is 14.2. The first-order valence-electron chi connectivity index (χ1n) is 7.30. The summed E-state index contributed by atoms with van der Waals surface area (Å²) in [6.45, 7) is 5.71. The zero-order valence-electron chi connectivity index (χ0n) is 13.4. The molecule has 0 aliphatic heterocycles. The van der Waals surface area contributed by atoms with Crippen LogP contribution in [0.3, 0.4) is 0 Å². The van der Waals surface area contributed by atoms with Gasteiger partial charge in [0.05, 0.1) is 16.9 Å².